The minimum atomic E-state index is -2.92. The highest BCUT2D eigenvalue weighted by Crippen LogP contribution is 2.38. The normalized spacial score (nSPS) is 14.7. The second kappa shape index (κ2) is 6.79. The lowest BCUT2D eigenvalue weighted by Gasteiger charge is -2.10. The summed E-state index contributed by atoms with van der Waals surface area (Å²) in [7, 11) is 0. The third-order valence-corrected chi connectivity index (χ3v) is 4.62. The van der Waals surface area contributed by atoms with Crippen LogP contribution < -0.4 is 4.74 Å². The quantitative estimate of drug-likeness (QED) is 0.703. The first-order chi connectivity index (χ1) is 13.0. The van der Waals surface area contributed by atoms with Crippen molar-refractivity contribution in [1.82, 2.24) is 4.98 Å². The summed E-state index contributed by atoms with van der Waals surface area (Å²) in [5.74, 6) is -0.916. The standard InChI is InChI=1S/C21H15F2NO3/c22-21(23)27-17-8-4-1-5-12(17)11-13-9-10-15-18(20(25)26)14-6-2-3-7-16(14)24-19(13)15/h1-8,11,21H,9-10H2,(H,25,26)/b13-11-. The van der Waals surface area contributed by atoms with Gasteiger partial charge in [0.25, 0.3) is 0 Å². The second-order valence-electron chi connectivity index (χ2n) is 6.22. The monoisotopic (exact) mass is 367 g/mol. The van der Waals surface area contributed by atoms with Gasteiger partial charge in [-0.3, -0.25) is 0 Å². The number of nitrogens with zero attached hydrogens (tertiary/aromatic N) is 1. The van der Waals surface area contributed by atoms with E-state index in [1.807, 2.05) is 0 Å². The van der Waals surface area contributed by atoms with Gasteiger partial charge in [-0.25, -0.2) is 9.78 Å². The Morgan fingerprint density at radius 3 is 2.63 bits per heavy atom. The highest BCUT2D eigenvalue weighted by atomic mass is 19.3. The van der Waals surface area contributed by atoms with Crippen molar-refractivity contribution >= 4 is 28.5 Å². The fraction of sp³-hybridized carbons (Fsp3) is 0.143. The van der Waals surface area contributed by atoms with Crippen molar-refractivity contribution in [3.8, 4) is 5.75 Å². The van der Waals surface area contributed by atoms with Crippen LogP contribution in [-0.2, 0) is 6.42 Å². The maximum atomic E-state index is 12.6. The largest absolute Gasteiger partial charge is 0.478 e. The number of allylic oxidation sites excluding steroid dienone is 1. The third-order valence-electron chi connectivity index (χ3n) is 4.62. The number of pyridine rings is 1. The summed E-state index contributed by atoms with van der Waals surface area (Å²) in [6.45, 7) is -2.92. The Hall–Kier alpha value is -3.28. The summed E-state index contributed by atoms with van der Waals surface area (Å²) in [5, 5.41) is 10.3. The van der Waals surface area contributed by atoms with Gasteiger partial charge in [0.1, 0.15) is 5.75 Å². The molecule has 0 saturated heterocycles. The van der Waals surface area contributed by atoms with E-state index in [0.717, 1.165) is 5.57 Å². The number of carbonyl (C=O) groups is 1. The predicted octanol–water partition coefficient (Wildman–Crippen LogP) is 5.02. The number of carboxylic acid groups (broad SMARTS) is 1. The molecule has 4 rings (SSSR count). The molecule has 0 bridgehead atoms. The molecule has 0 unspecified atom stereocenters. The molecule has 0 radical (unpaired) electrons. The summed E-state index contributed by atoms with van der Waals surface area (Å²) in [5.41, 5.74) is 3.46. The Labute approximate surface area is 153 Å². The number of aromatic carboxylic acids is 1. The molecular weight excluding hydrogens is 352 g/mol. The van der Waals surface area contributed by atoms with Crippen LogP contribution in [0.25, 0.3) is 22.6 Å². The molecule has 136 valence electrons. The number of rotatable bonds is 4. The van der Waals surface area contributed by atoms with Gasteiger partial charge in [0.2, 0.25) is 0 Å². The van der Waals surface area contributed by atoms with Crippen molar-refractivity contribution in [3.05, 3.63) is 70.9 Å². The Morgan fingerprint density at radius 1 is 1.11 bits per heavy atom. The summed E-state index contributed by atoms with van der Waals surface area (Å²) in [6.07, 6.45) is 2.87. The summed E-state index contributed by atoms with van der Waals surface area (Å²) in [4.78, 5) is 16.5. The molecule has 0 saturated carbocycles. The maximum Gasteiger partial charge on any atom is 0.387 e. The van der Waals surface area contributed by atoms with Gasteiger partial charge in [0.05, 0.1) is 16.8 Å². The van der Waals surface area contributed by atoms with Crippen molar-refractivity contribution in [2.24, 2.45) is 0 Å². The van der Waals surface area contributed by atoms with Crippen LogP contribution in [0.4, 0.5) is 8.78 Å². The van der Waals surface area contributed by atoms with Gasteiger partial charge in [0, 0.05) is 10.9 Å². The molecule has 1 heterocycles. The lowest BCUT2D eigenvalue weighted by Crippen LogP contribution is -2.05. The van der Waals surface area contributed by atoms with Crippen LogP contribution in [0.3, 0.4) is 0 Å². The lowest BCUT2D eigenvalue weighted by atomic mass is 10.0. The average Bonchev–Trinajstić information content (AvgIpc) is 3.03. The first kappa shape index (κ1) is 17.1. The highest BCUT2D eigenvalue weighted by molar-refractivity contribution is 6.06. The number of carboxylic acids is 1. The number of para-hydroxylation sites is 2. The van der Waals surface area contributed by atoms with E-state index >= 15 is 0 Å². The maximum absolute atomic E-state index is 12.6. The van der Waals surface area contributed by atoms with Crippen molar-refractivity contribution in [3.63, 3.8) is 0 Å². The first-order valence-electron chi connectivity index (χ1n) is 8.44. The number of hydrogen-bond donors (Lipinski definition) is 1. The number of hydrogen-bond acceptors (Lipinski definition) is 3. The third kappa shape index (κ3) is 3.14. The molecule has 3 aromatic rings. The van der Waals surface area contributed by atoms with E-state index in [-0.39, 0.29) is 11.3 Å². The number of benzene rings is 2. The van der Waals surface area contributed by atoms with Crippen molar-refractivity contribution in [2.75, 3.05) is 0 Å². The fourth-order valence-corrected chi connectivity index (χ4v) is 3.51. The van der Waals surface area contributed by atoms with Gasteiger partial charge in [-0.05, 0) is 42.2 Å². The van der Waals surface area contributed by atoms with Gasteiger partial charge < -0.3 is 9.84 Å². The van der Waals surface area contributed by atoms with Crippen LogP contribution in [0.1, 0.15) is 33.6 Å². The van der Waals surface area contributed by atoms with Gasteiger partial charge >= 0.3 is 12.6 Å². The topological polar surface area (TPSA) is 59.4 Å². The van der Waals surface area contributed by atoms with Crippen LogP contribution in [0.2, 0.25) is 0 Å². The zero-order chi connectivity index (χ0) is 19.0. The van der Waals surface area contributed by atoms with E-state index < -0.39 is 12.6 Å². The molecule has 2 aromatic carbocycles. The smallest absolute Gasteiger partial charge is 0.387 e. The molecule has 1 aliphatic carbocycles. The molecule has 1 N–H and O–H groups in total. The first-order valence-corrected chi connectivity index (χ1v) is 8.44. The van der Waals surface area contributed by atoms with E-state index in [9.17, 15) is 18.7 Å². The van der Waals surface area contributed by atoms with Gasteiger partial charge in [-0.15, -0.1) is 0 Å². The average molecular weight is 367 g/mol. The number of alkyl halides is 2. The van der Waals surface area contributed by atoms with Gasteiger partial charge in [0.15, 0.2) is 0 Å². The SMILES string of the molecule is O=C(O)c1c2c(nc3ccccc13)/C(=C\c1ccccc1OC(F)F)CC2. The highest BCUT2D eigenvalue weighted by Gasteiger charge is 2.26. The molecule has 27 heavy (non-hydrogen) atoms. The number of ether oxygens (including phenoxy) is 1. The van der Waals surface area contributed by atoms with E-state index in [1.54, 1.807) is 48.5 Å². The van der Waals surface area contributed by atoms with E-state index in [4.69, 9.17) is 0 Å². The Bertz CT molecular complexity index is 1080. The van der Waals surface area contributed by atoms with Crippen molar-refractivity contribution < 1.29 is 23.4 Å². The number of aromatic nitrogens is 1. The predicted molar refractivity (Wildman–Crippen MR) is 98.0 cm³/mol. The molecule has 6 heteroatoms. The van der Waals surface area contributed by atoms with E-state index in [2.05, 4.69) is 9.72 Å². The second-order valence-corrected chi connectivity index (χ2v) is 6.22. The summed E-state index contributed by atoms with van der Waals surface area (Å²) < 4.78 is 29.9. The molecular formula is C21H15F2NO3. The van der Waals surface area contributed by atoms with Crippen LogP contribution in [-0.4, -0.2) is 22.7 Å². The Balaban J connectivity index is 1.88. The van der Waals surface area contributed by atoms with Crippen molar-refractivity contribution in [1.29, 1.82) is 0 Å². The Morgan fingerprint density at radius 2 is 1.85 bits per heavy atom. The minimum Gasteiger partial charge on any atom is -0.478 e. The van der Waals surface area contributed by atoms with Gasteiger partial charge in [-0.2, -0.15) is 8.78 Å². The molecule has 0 amide bonds. The molecule has 0 atom stereocenters. The van der Waals surface area contributed by atoms with Gasteiger partial charge in [-0.1, -0.05) is 36.4 Å². The van der Waals surface area contributed by atoms with E-state index in [0.29, 0.717) is 40.6 Å². The van der Waals surface area contributed by atoms with Crippen LogP contribution in [0, 0.1) is 0 Å². The molecule has 0 fully saturated rings. The molecule has 4 nitrogen and oxygen atoms in total. The minimum absolute atomic E-state index is 0.0766. The van der Waals surface area contributed by atoms with Crippen LogP contribution >= 0.6 is 0 Å². The van der Waals surface area contributed by atoms with Crippen LogP contribution in [0.5, 0.6) is 5.75 Å². The molecule has 0 spiro atoms. The summed E-state index contributed by atoms with van der Waals surface area (Å²) in [6, 6.07) is 13.6. The fourth-order valence-electron chi connectivity index (χ4n) is 3.51. The van der Waals surface area contributed by atoms with E-state index in [1.165, 1.54) is 6.07 Å². The number of halogens is 2. The zero-order valence-electron chi connectivity index (χ0n) is 14.2. The molecule has 0 aliphatic heterocycles. The zero-order valence-corrected chi connectivity index (χ0v) is 14.2. The van der Waals surface area contributed by atoms with Crippen molar-refractivity contribution in [2.45, 2.75) is 19.5 Å². The molecule has 1 aliphatic rings. The Kier molecular flexibility index (Phi) is 4.32. The van der Waals surface area contributed by atoms with Crippen LogP contribution in [0.15, 0.2) is 48.5 Å². The lowest BCUT2D eigenvalue weighted by molar-refractivity contribution is -0.0499. The summed E-state index contributed by atoms with van der Waals surface area (Å²) >= 11 is 0. The molecule has 1 aromatic heterocycles. The number of fused-ring (bicyclic) bond motifs is 2.